The largest absolute Gasteiger partial charge is 0.339 e. The fraction of sp³-hybridized carbons (Fsp3) is 0.500. The molecule has 0 saturated carbocycles. The van der Waals surface area contributed by atoms with Gasteiger partial charge in [0, 0.05) is 12.6 Å². The summed E-state index contributed by atoms with van der Waals surface area (Å²) in [5.41, 5.74) is 6.77. The zero-order chi connectivity index (χ0) is 12.3. The monoisotopic (exact) mass is 232 g/mol. The Labute approximate surface area is 103 Å². The van der Waals surface area contributed by atoms with Crippen LogP contribution in [0.15, 0.2) is 30.3 Å². The number of carbonyl (C=O) groups excluding carboxylic acids is 1. The van der Waals surface area contributed by atoms with Crippen molar-refractivity contribution in [3.8, 4) is 0 Å². The molecule has 17 heavy (non-hydrogen) atoms. The highest BCUT2D eigenvalue weighted by Crippen LogP contribution is 2.27. The molecule has 1 aliphatic rings. The van der Waals surface area contributed by atoms with Gasteiger partial charge in [-0.25, -0.2) is 0 Å². The van der Waals surface area contributed by atoms with Gasteiger partial charge in [-0.05, 0) is 31.2 Å². The van der Waals surface area contributed by atoms with Gasteiger partial charge in [0.25, 0.3) is 0 Å². The van der Waals surface area contributed by atoms with Crippen molar-refractivity contribution >= 4 is 5.91 Å². The molecule has 3 heteroatoms. The highest BCUT2D eigenvalue weighted by atomic mass is 16.2. The minimum atomic E-state index is 0.0769. The van der Waals surface area contributed by atoms with E-state index in [9.17, 15) is 4.79 Å². The second kappa shape index (κ2) is 5.32. The van der Waals surface area contributed by atoms with E-state index in [1.54, 1.807) is 0 Å². The quantitative estimate of drug-likeness (QED) is 0.857. The van der Waals surface area contributed by atoms with Crippen LogP contribution in [-0.4, -0.2) is 29.9 Å². The van der Waals surface area contributed by atoms with Crippen molar-refractivity contribution in [3.63, 3.8) is 0 Å². The van der Waals surface area contributed by atoms with Gasteiger partial charge in [0.05, 0.1) is 6.54 Å². The average Bonchev–Trinajstić information content (AvgIpc) is 2.72. The first-order chi connectivity index (χ1) is 8.22. The average molecular weight is 232 g/mol. The number of nitrogens with two attached hydrogens (primary N) is 1. The summed E-state index contributed by atoms with van der Waals surface area (Å²) in [6.45, 7) is 3.12. The van der Waals surface area contributed by atoms with Gasteiger partial charge in [-0.3, -0.25) is 4.79 Å². The van der Waals surface area contributed by atoms with Gasteiger partial charge in [0.1, 0.15) is 0 Å². The number of benzene rings is 1. The Morgan fingerprint density at radius 1 is 1.41 bits per heavy atom. The minimum Gasteiger partial charge on any atom is -0.339 e. The molecule has 0 aromatic heterocycles. The molecule has 92 valence electrons. The summed E-state index contributed by atoms with van der Waals surface area (Å²) in [7, 11) is 0. The van der Waals surface area contributed by atoms with Crippen LogP contribution in [0.25, 0.3) is 0 Å². The Morgan fingerprint density at radius 2 is 2.12 bits per heavy atom. The molecule has 3 nitrogen and oxygen atoms in total. The fourth-order valence-electron chi connectivity index (χ4n) is 2.66. The third-order valence-corrected chi connectivity index (χ3v) is 3.75. The van der Waals surface area contributed by atoms with E-state index in [2.05, 4.69) is 31.2 Å². The van der Waals surface area contributed by atoms with E-state index in [4.69, 9.17) is 5.73 Å². The number of hydrogen-bond donors (Lipinski definition) is 1. The second-order valence-electron chi connectivity index (χ2n) is 4.77. The molecule has 1 heterocycles. The Kier molecular flexibility index (Phi) is 3.79. The molecule has 1 aromatic carbocycles. The van der Waals surface area contributed by atoms with Gasteiger partial charge in [0.15, 0.2) is 0 Å². The Balaban J connectivity index is 1.98. The highest BCUT2D eigenvalue weighted by molar-refractivity contribution is 5.78. The first-order valence-corrected chi connectivity index (χ1v) is 6.26. The molecule has 2 atom stereocenters. The van der Waals surface area contributed by atoms with Crippen LogP contribution in [0.1, 0.15) is 18.9 Å². The van der Waals surface area contributed by atoms with E-state index in [1.165, 1.54) is 5.56 Å². The zero-order valence-electron chi connectivity index (χ0n) is 10.3. The number of rotatable bonds is 3. The van der Waals surface area contributed by atoms with E-state index in [0.29, 0.717) is 12.0 Å². The molecule has 0 spiro atoms. The third-order valence-electron chi connectivity index (χ3n) is 3.75. The van der Waals surface area contributed by atoms with Crippen LogP contribution in [0.4, 0.5) is 0 Å². The van der Waals surface area contributed by atoms with Crippen LogP contribution in [0.2, 0.25) is 0 Å². The Hall–Kier alpha value is -1.35. The Bertz CT molecular complexity index is 377. The van der Waals surface area contributed by atoms with E-state index >= 15 is 0 Å². The predicted octanol–water partition coefficient (Wildman–Crippen LogP) is 1.42. The fourth-order valence-corrected chi connectivity index (χ4v) is 2.66. The summed E-state index contributed by atoms with van der Waals surface area (Å²) >= 11 is 0. The lowest BCUT2D eigenvalue weighted by Gasteiger charge is -2.24. The van der Waals surface area contributed by atoms with Crippen LogP contribution in [0, 0.1) is 5.92 Å². The van der Waals surface area contributed by atoms with Crippen molar-refractivity contribution in [3.05, 3.63) is 35.9 Å². The van der Waals surface area contributed by atoms with Crippen molar-refractivity contribution in [2.75, 3.05) is 13.1 Å². The second-order valence-corrected chi connectivity index (χ2v) is 4.77. The molecule has 1 aromatic rings. The van der Waals surface area contributed by atoms with Crippen LogP contribution < -0.4 is 5.73 Å². The zero-order valence-corrected chi connectivity index (χ0v) is 10.3. The smallest absolute Gasteiger partial charge is 0.236 e. The minimum absolute atomic E-state index is 0.0769. The highest BCUT2D eigenvalue weighted by Gasteiger charge is 2.32. The van der Waals surface area contributed by atoms with Crippen molar-refractivity contribution < 1.29 is 4.79 Å². The molecule has 1 saturated heterocycles. The summed E-state index contributed by atoms with van der Waals surface area (Å²) in [6, 6.07) is 10.8. The van der Waals surface area contributed by atoms with Crippen LogP contribution in [0.5, 0.6) is 0 Å². The van der Waals surface area contributed by atoms with E-state index < -0.39 is 0 Å². The standard InChI is InChI=1S/C14H20N2O/c1-11-13(7-8-16(11)14(17)10-15)9-12-5-3-2-4-6-12/h2-6,11,13H,7-10,15H2,1H3/t11-,13+/m0/s1. The van der Waals surface area contributed by atoms with Crippen molar-refractivity contribution in [1.29, 1.82) is 0 Å². The van der Waals surface area contributed by atoms with Crippen LogP contribution in [0.3, 0.4) is 0 Å². The van der Waals surface area contributed by atoms with Crippen LogP contribution in [-0.2, 0) is 11.2 Å². The maximum Gasteiger partial charge on any atom is 0.236 e. The molecule has 1 amide bonds. The summed E-state index contributed by atoms with van der Waals surface area (Å²) in [6.07, 6.45) is 2.14. The van der Waals surface area contributed by atoms with Crippen molar-refractivity contribution in [1.82, 2.24) is 4.90 Å². The van der Waals surface area contributed by atoms with Gasteiger partial charge < -0.3 is 10.6 Å². The normalized spacial score (nSPS) is 24.0. The van der Waals surface area contributed by atoms with E-state index in [1.807, 2.05) is 11.0 Å². The van der Waals surface area contributed by atoms with E-state index in [0.717, 1.165) is 19.4 Å². The SMILES string of the molecule is C[C@H]1[C@@H](Cc2ccccc2)CCN1C(=O)CN. The van der Waals surface area contributed by atoms with E-state index in [-0.39, 0.29) is 12.5 Å². The first kappa shape index (κ1) is 12.1. The molecule has 1 aliphatic heterocycles. The van der Waals surface area contributed by atoms with Gasteiger partial charge in [-0.1, -0.05) is 30.3 Å². The lowest BCUT2D eigenvalue weighted by molar-refractivity contribution is -0.130. The lowest BCUT2D eigenvalue weighted by atomic mass is 9.93. The molecular formula is C14H20N2O. The maximum atomic E-state index is 11.6. The third kappa shape index (κ3) is 2.67. The summed E-state index contributed by atoms with van der Waals surface area (Å²) in [5, 5.41) is 0. The van der Waals surface area contributed by atoms with Gasteiger partial charge in [0.2, 0.25) is 5.91 Å². The molecule has 0 aliphatic carbocycles. The molecule has 1 fully saturated rings. The number of amides is 1. The molecule has 2 N–H and O–H groups in total. The topological polar surface area (TPSA) is 46.3 Å². The van der Waals surface area contributed by atoms with Gasteiger partial charge >= 0.3 is 0 Å². The molecule has 0 bridgehead atoms. The molecular weight excluding hydrogens is 212 g/mol. The summed E-state index contributed by atoms with van der Waals surface area (Å²) in [5.74, 6) is 0.640. The summed E-state index contributed by atoms with van der Waals surface area (Å²) in [4.78, 5) is 13.5. The van der Waals surface area contributed by atoms with Gasteiger partial charge in [-0.15, -0.1) is 0 Å². The van der Waals surface area contributed by atoms with Gasteiger partial charge in [-0.2, -0.15) is 0 Å². The number of likely N-dealkylation sites (tertiary alicyclic amines) is 1. The predicted molar refractivity (Wildman–Crippen MR) is 68.5 cm³/mol. The number of carbonyl (C=O) groups is 1. The van der Waals surface area contributed by atoms with Crippen molar-refractivity contribution in [2.45, 2.75) is 25.8 Å². The molecule has 2 rings (SSSR count). The maximum absolute atomic E-state index is 11.6. The number of hydrogen-bond acceptors (Lipinski definition) is 2. The van der Waals surface area contributed by atoms with Crippen molar-refractivity contribution in [2.24, 2.45) is 11.7 Å². The molecule has 0 unspecified atom stereocenters. The van der Waals surface area contributed by atoms with Crippen LogP contribution >= 0.6 is 0 Å². The summed E-state index contributed by atoms with van der Waals surface area (Å²) < 4.78 is 0. The molecule has 0 radical (unpaired) electrons. The Morgan fingerprint density at radius 3 is 2.76 bits per heavy atom. The first-order valence-electron chi connectivity index (χ1n) is 6.26. The number of nitrogens with zero attached hydrogens (tertiary/aromatic N) is 1. The lowest BCUT2D eigenvalue weighted by Crippen LogP contribution is -2.39.